The average molecular weight is 380 g/mol. The summed E-state index contributed by atoms with van der Waals surface area (Å²) >= 11 is 0. The van der Waals surface area contributed by atoms with Crippen molar-refractivity contribution in [1.82, 2.24) is 9.91 Å². The van der Waals surface area contributed by atoms with Crippen LogP contribution in [0.1, 0.15) is 43.0 Å². The standard InChI is InChI=1S/C23H29N3O2/c1-16(2)25(4)15-23(27)26-22(20-12-7-6-9-17(20)3)14-21(24-26)18-10-8-11-19(13-18)28-5/h6-13,16,22H,14-15H2,1-5H3/t22-/m1/s1. The second kappa shape index (κ2) is 8.57. The van der Waals surface area contributed by atoms with Crippen molar-refractivity contribution >= 4 is 11.6 Å². The maximum absolute atomic E-state index is 13.1. The summed E-state index contributed by atoms with van der Waals surface area (Å²) < 4.78 is 5.36. The number of hydrazone groups is 1. The molecule has 0 N–H and O–H groups in total. The van der Waals surface area contributed by atoms with Crippen molar-refractivity contribution in [3.63, 3.8) is 0 Å². The van der Waals surface area contributed by atoms with Gasteiger partial charge in [0, 0.05) is 18.0 Å². The summed E-state index contributed by atoms with van der Waals surface area (Å²) in [7, 11) is 3.62. The molecule has 3 rings (SSSR count). The van der Waals surface area contributed by atoms with Gasteiger partial charge < -0.3 is 4.74 Å². The van der Waals surface area contributed by atoms with Crippen LogP contribution in [-0.4, -0.2) is 48.3 Å². The van der Waals surface area contributed by atoms with Gasteiger partial charge in [0.05, 0.1) is 25.4 Å². The molecule has 0 aromatic heterocycles. The summed E-state index contributed by atoms with van der Waals surface area (Å²) in [6.45, 7) is 6.60. The topological polar surface area (TPSA) is 45.1 Å². The van der Waals surface area contributed by atoms with E-state index in [0.717, 1.165) is 22.6 Å². The van der Waals surface area contributed by atoms with Crippen molar-refractivity contribution in [3.8, 4) is 5.75 Å². The number of amides is 1. The highest BCUT2D eigenvalue weighted by Gasteiger charge is 2.34. The molecule has 0 unspecified atom stereocenters. The fourth-order valence-corrected chi connectivity index (χ4v) is 3.39. The maximum atomic E-state index is 13.1. The fraction of sp³-hybridized carbons (Fsp3) is 0.391. The molecule has 5 heteroatoms. The SMILES string of the molecule is COc1cccc(C2=NN(C(=O)CN(C)C(C)C)[C@@H](c3ccccc3C)C2)c1. The van der Waals surface area contributed by atoms with Crippen LogP contribution in [0.5, 0.6) is 5.75 Å². The van der Waals surface area contributed by atoms with Crippen LogP contribution in [-0.2, 0) is 4.79 Å². The first-order valence-electron chi connectivity index (χ1n) is 9.70. The molecule has 0 spiro atoms. The second-order valence-corrected chi connectivity index (χ2v) is 7.60. The second-order valence-electron chi connectivity index (χ2n) is 7.60. The van der Waals surface area contributed by atoms with E-state index >= 15 is 0 Å². The molecule has 0 saturated heterocycles. The molecular formula is C23H29N3O2. The Hall–Kier alpha value is -2.66. The number of aryl methyl sites for hydroxylation is 1. The molecule has 2 aromatic carbocycles. The highest BCUT2D eigenvalue weighted by Crippen LogP contribution is 2.35. The zero-order valence-electron chi connectivity index (χ0n) is 17.3. The van der Waals surface area contributed by atoms with Crippen molar-refractivity contribution in [2.75, 3.05) is 20.7 Å². The number of methoxy groups -OCH3 is 1. The van der Waals surface area contributed by atoms with Crippen LogP contribution in [0.4, 0.5) is 0 Å². The third-order valence-electron chi connectivity index (χ3n) is 5.38. The molecule has 1 aliphatic heterocycles. The third kappa shape index (κ3) is 4.25. The van der Waals surface area contributed by atoms with E-state index in [4.69, 9.17) is 9.84 Å². The van der Waals surface area contributed by atoms with Gasteiger partial charge in [-0.1, -0.05) is 36.4 Å². The number of likely N-dealkylation sites (N-methyl/N-ethyl adjacent to an activating group) is 1. The molecule has 1 atom stereocenters. The van der Waals surface area contributed by atoms with Crippen molar-refractivity contribution in [2.45, 2.75) is 39.3 Å². The van der Waals surface area contributed by atoms with E-state index in [9.17, 15) is 4.79 Å². The summed E-state index contributed by atoms with van der Waals surface area (Å²) in [5.74, 6) is 0.805. The summed E-state index contributed by atoms with van der Waals surface area (Å²) in [5.41, 5.74) is 4.22. The highest BCUT2D eigenvalue weighted by atomic mass is 16.5. The Morgan fingerprint density at radius 2 is 2.00 bits per heavy atom. The minimum atomic E-state index is -0.0875. The smallest absolute Gasteiger partial charge is 0.257 e. The van der Waals surface area contributed by atoms with E-state index in [1.54, 1.807) is 12.1 Å². The average Bonchev–Trinajstić information content (AvgIpc) is 3.13. The first kappa shape index (κ1) is 20.1. The minimum absolute atomic E-state index is 0.0161. The zero-order chi connectivity index (χ0) is 20.3. The van der Waals surface area contributed by atoms with Gasteiger partial charge in [0.1, 0.15) is 5.75 Å². The number of nitrogens with zero attached hydrogens (tertiary/aromatic N) is 3. The highest BCUT2D eigenvalue weighted by molar-refractivity contribution is 6.03. The fourth-order valence-electron chi connectivity index (χ4n) is 3.39. The van der Waals surface area contributed by atoms with Crippen LogP contribution in [0.3, 0.4) is 0 Å². The van der Waals surface area contributed by atoms with Gasteiger partial charge in [0.2, 0.25) is 0 Å². The van der Waals surface area contributed by atoms with Crippen molar-refractivity contribution < 1.29 is 9.53 Å². The van der Waals surface area contributed by atoms with Gasteiger partial charge in [0.15, 0.2) is 0 Å². The number of carbonyl (C=O) groups excluding carboxylic acids is 1. The van der Waals surface area contributed by atoms with Crippen molar-refractivity contribution in [1.29, 1.82) is 0 Å². The Morgan fingerprint density at radius 1 is 1.25 bits per heavy atom. The largest absolute Gasteiger partial charge is 0.497 e. The predicted octanol–water partition coefficient (Wildman–Crippen LogP) is 4.02. The molecule has 1 heterocycles. The molecule has 0 fully saturated rings. The van der Waals surface area contributed by atoms with Gasteiger partial charge in [-0.05, 0) is 51.1 Å². The normalized spacial score (nSPS) is 16.6. The van der Waals surface area contributed by atoms with E-state index in [2.05, 4.69) is 32.9 Å². The molecular weight excluding hydrogens is 350 g/mol. The summed E-state index contributed by atoms with van der Waals surface area (Å²) in [5, 5.41) is 6.44. The molecule has 2 aromatic rings. The van der Waals surface area contributed by atoms with Gasteiger partial charge in [-0.25, -0.2) is 5.01 Å². The maximum Gasteiger partial charge on any atom is 0.257 e. The van der Waals surface area contributed by atoms with Crippen LogP contribution in [0.25, 0.3) is 0 Å². The number of hydrogen-bond acceptors (Lipinski definition) is 4. The number of hydrogen-bond donors (Lipinski definition) is 0. The van der Waals surface area contributed by atoms with Gasteiger partial charge >= 0.3 is 0 Å². The quantitative estimate of drug-likeness (QED) is 0.761. The lowest BCUT2D eigenvalue weighted by molar-refractivity contribution is -0.134. The molecule has 28 heavy (non-hydrogen) atoms. The molecule has 148 valence electrons. The summed E-state index contributed by atoms with van der Waals surface area (Å²) in [6.07, 6.45) is 0.690. The van der Waals surface area contributed by atoms with Gasteiger partial charge in [-0.15, -0.1) is 0 Å². The van der Waals surface area contributed by atoms with Gasteiger partial charge in [0.25, 0.3) is 5.91 Å². The first-order chi connectivity index (χ1) is 13.4. The molecule has 0 saturated carbocycles. The van der Waals surface area contributed by atoms with Gasteiger partial charge in [-0.2, -0.15) is 5.10 Å². The molecule has 0 aliphatic carbocycles. The number of carbonyl (C=O) groups is 1. The lowest BCUT2D eigenvalue weighted by Crippen LogP contribution is -2.39. The van der Waals surface area contributed by atoms with E-state index in [1.807, 2.05) is 48.3 Å². The van der Waals surface area contributed by atoms with Crippen LogP contribution in [0.15, 0.2) is 53.6 Å². The summed E-state index contributed by atoms with van der Waals surface area (Å²) in [4.78, 5) is 15.1. The Balaban J connectivity index is 1.95. The Kier molecular flexibility index (Phi) is 6.15. The number of ether oxygens (including phenoxy) is 1. The minimum Gasteiger partial charge on any atom is -0.497 e. The zero-order valence-corrected chi connectivity index (χ0v) is 17.3. The van der Waals surface area contributed by atoms with Crippen molar-refractivity contribution in [2.24, 2.45) is 5.10 Å². The molecule has 1 aliphatic rings. The van der Waals surface area contributed by atoms with Crippen LogP contribution in [0.2, 0.25) is 0 Å². The predicted molar refractivity (Wildman–Crippen MR) is 113 cm³/mol. The summed E-state index contributed by atoms with van der Waals surface area (Å²) in [6, 6.07) is 16.3. The third-order valence-corrected chi connectivity index (χ3v) is 5.38. The molecule has 0 radical (unpaired) electrons. The first-order valence-corrected chi connectivity index (χ1v) is 9.70. The Labute approximate surface area is 167 Å². The van der Waals surface area contributed by atoms with E-state index < -0.39 is 0 Å². The van der Waals surface area contributed by atoms with Gasteiger partial charge in [-0.3, -0.25) is 9.69 Å². The Morgan fingerprint density at radius 3 is 2.68 bits per heavy atom. The van der Waals surface area contributed by atoms with Crippen molar-refractivity contribution in [3.05, 3.63) is 65.2 Å². The monoisotopic (exact) mass is 379 g/mol. The van der Waals surface area contributed by atoms with Crippen LogP contribution in [0, 0.1) is 6.92 Å². The lowest BCUT2D eigenvalue weighted by atomic mass is 9.95. The van der Waals surface area contributed by atoms with E-state index in [1.165, 1.54) is 5.56 Å². The Bertz CT molecular complexity index is 876. The molecule has 5 nitrogen and oxygen atoms in total. The molecule has 1 amide bonds. The lowest BCUT2D eigenvalue weighted by Gasteiger charge is -2.27. The van der Waals surface area contributed by atoms with E-state index in [-0.39, 0.29) is 11.9 Å². The molecule has 0 bridgehead atoms. The van der Waals surface area contributed by atoms with Crippen LogP contribution >= 0.6 is 0 Å². The number of rotatable bonds is 6. The van der Waals surface area contributed by atoms with E-state index in [0.29, 0.717) is 19.0 Å². The number of benzene rings is 2. The van der Waals surface area contributed by atoms with Crippen LogP contribution < -0.4 is 4.74 Å².